The normalized spacial score (nSPS) is 13.6. The molecule has 3 heterocycles. The Morgan fingerprint density at radius 2 is 1.83 bits per heavy atom. The molecule has 1 amide bonds. The summed E-state index contributed by atoms with van der Waals surface area (Å²) in [6.07, 6.45) is 16.5. The van der Waals surface area contributed by atoms with Crippen LogP contribution >= 0.6 is 27.3 Å². The Hall–Kier alpha value is -3.90. The van der Waals surface area contributed by atoms with Crippen LogP contribution in [-0.4, -0.2) is 49.8 Å². The van der Waals surface area contributed by atoms with Gasteiger partial charge < -0.3 is 20.1 Å². The van der Waals surface area contributed by atoms with Crippen molar-refractivity contribution < 1.29 is 14.3 Å². The molecule has 254 valence electrons. The largest absolute Gasteiger partial charge is 0.494 e. The van der Waals surface area contributed by atoms with Crippen molar-refractivity contribution in [3.05, 3.63) is 65.8 Å². The smallest absolute Gasteiger partial charge is 0.407 e. The molecule has 1 aromatic carbocycles. The number of ether oxygens (including phenoxy) is 2. The van der Waals surface area contributed by atoms with E-state index < -0.39 is 11.7 Å². The second-order valence-corrected chi connectivity index (χ2v) is 14.9. The molecule has 5 rings (SSSR count). The Morgan fingerprint density at radius 1 is 1.02 bits per heavy atom. The van der Waals surface area contributed by atoms with E-state index in [2.05, 4.69) is 48.1 Å². The summed E-state index contributed by atoms with van der Waals surface area (Å²) in [6.45, 7) is 11.0. The number of thiazole rings is 1. The number of aromatic nitrogens is 5. The molecule has 12 heteroatoms. The van der Waals surface area contributed by atoms with Crippen molar-refractivity contribution in [2.45, 2.75) is 84.2 Å². The summed E-state index contributed by atoms with van der Waals surface area (Å²) in [4.78, 5) is 35.8. The van der Waals surface area contributed by atoms with Crippen LogP contribution in [-0.2, 0) is 4.74 Å². The third-order valence-corrected chi connectivity index (χ3v) is 9.49. The molecule has 1 fully saturated rings. The minimum absolute atomic E-state index is 0.400. The van der Waals surface area contributed by atoms with Gasteiger partial charge in [0.05, 0.1) is 29.1 Å². The van der Waals surface area contributed by atoms with Crippen LogP contribution in [0.5, 0.6) is 5.75 Å². The first kappa shape index (κ1) is 35.4. The number of hydrogen-bond acceptors (Lipinski definition) is 10. The van der Waals surface area contributed by atoms with Gasteiger partial charge in [0.1, 0.15) is 17.0 Å². The van der Waals surface area contributed by atoms with E-state index in [1.807, 2.05) is 45.0 Å². The number of nitrogens with zero attached hydrogens (tertiary/aromatic N) is 5. The average molecular weight is 735 g/mol. The number of allylic oxidation sites excluding steroid dienone is 1. The molecule has 0 radical (unpaired) electrons. The van der Waals surface area contributed by atoms with Crippen LogP contribution in [0.3, 0.4) is 0 Å². The number of alkyl carbamates (subject to hydrolysis) is 1. The zero-order valence-corrected chi connectivity index (χ0v) is 30.3. The molecule has 0 atom stereocenters. The highest BCUT2D eigenvalue weighted by Gasteiger charge is 2.18. The molecule has 1 aliphatic rings. The highest BCUT2D eigenvalue weighted by Crippen LogP contribution is 2.36. The molecule has 1 saturated carbocycles. The summed E-state index contributed by atoms with van der Waals surface area (Å²) in [7, 11) is 0. The number of hydrogen-bond donors (Lipinski definition) is 2. The van der Waals surface area contributed by atoms with Gasteiger partial charge in [-0.25, -0.2) is 24.7 Å². The molecule has 0 aliphatic heterocycles. The van der Waals surface area contributed by atoms with E-state index in [0.717, 1.165) is 74.5 Å². The molecule has 4 aromatic rings. The number of rotatable bonds is 14. The molecular weight excluding hydrogens is 690 g/mol. The van der Waals surface area contributed by atoms with Crippen molar-refractivity contribution in [2.24, 2.45) is 5.92 Å². The molecule has 0 bridgehead atoms. The molecule has 0 saturated heterocycles. The number of nitrogens with one attached hydrogen (secondary N) is 2. The van der Waals surface area contributed by atoms with Gasteiger partial charge in [-0.05, 0) is 76.6 Å². The van der Waals surface area contributed by atoms with Crippen LogP contribution in [0.15, 0.2) is 65.8 Å². The van der Waals surface area contributed by atoms with E-state index in [1.165, 1.54) is 43.4 Å². The Kier molecular flexibility index (Phi) is 12.5. The zero-order valence-electron chi connectivity index (χ0n) is 27.9. The van der Waals surface area contributed by atoms with Crippen molar-refractivity contribution in [1.82, 2.24) is 30.2 Å². The second kappa shape index (κ2) is 17.0. The lowest BCUT2D eigenvalue weighted by atomic mass is 9.87. The first-order valence-electron chi connectivity index (χ1n) is 16.6. The van der Waals surface area contributed by atoms with E-state index in [1.54, 1.807) is 24.8 Å². The zero-order chi connectivity index (χ0) is 33.9. The maximum absolute atomic E-state index is 11.8. The van der Waals surface area contributed by atoms with Crippen molar-refractivity contribution in [3.8, 4) is 39.1 Å². The van der Waals surface area contributed by atoms with Gasteiger partial charge in [0.2, 0.25) is 0 Å². The first-order chi connectivity index (χ1) is 23.1. The number of halogens is 1. The summed E-state index contributed by atoms with van der Waals surface area (Å²) in [5.74, 6) is 2.05. The highest BCUT2D eigenvalue weighted by atomic mass is 79.9. The van der Waals surface area contributed by atoms with Gasteiger partial charge >= 0.3 is 6.09 Å². The van der Waals surface area contributed by atoms with E-state index >= 15 is 0 Å². The van der Waals surface area contributed by atoms with Gasteiger partial charge in [-0.3, -0.25) is 4.98 Å². The van der Waals surface area contributed by atoms with E-state index in [-0.39, 0.29) is 0 Å². The van der Waals surface area contributed by atoms with Gasteiger partial charge in [-0.15, -0.1) is 0 Å². The third-order valence-electron chi connectivity index (χ3n) is 7.87. The van der Waals surface area contributed by atoms with Crippen LogP contribution in [0.4, 0.5) is 9.93 Å². The number of carbonyl (C=O) groups is 1. The fourth-order valence-corrected chi connectivity index (χ4v) is 6.76. The van der Waals surface area contributed by atoms with Gasteiger partial charge in [-0.1, -0.05) is 65.9 Å². The van der Waals surface area contributed by atoms with Crippen LogP contribution in [0, 0.1) is 5.92 Å². The van der Waals surface area contributed by atoms with Gasteiger partial charge in [0.15, 0.2) is 11.0 Å². The molecular formula is C36H44BrN7O3S. The quantitative estimate of drug-likeness (QED) is 0.122. The van der Waals surface area contributed by atoms with Crippen molar-refractivity contribution >= 4 is 38.5 Å². The SMILES string of the molecule is C=C(CCCCNC(=O)OC(C)(C)C)Nc1ncc(-c2cc(-c3cc(OCCC4CCCCC4)ccc3Br)nc(-c3cnccn3)n2)s1. The van der Waals surface area contributed by atoms with E-state index in [9.17, 15) is 4.79 Å². The molecule has 1 aliphatic carbocycles. The predicted octanol–water partition coefficient (Wildman–Crippen LogP) is 9.46. The van der Waals surface area contributed by atoms with Crippen molar-refractivity contribution in [3.63, 3.8) is 0 Å². The Labute approximate surface area is 295 Å². The highest BCUT2D eigenvalue weighted by molar-refractivity contribution is 9.10. The van der Waals surface area contributed by atoms with E-state index in [0.29, 0.717) is 24.7 Å². The molecule has 10 nitrogen and oxygen atoms in total. The van der Waals surface area contributed by atoms with Crippen molar-refractivity contribution in [2.75, 3.05) is 18.5 Å². The van der Waals surface area contributed by atoms with Gasteiger partial charge in [-0.2, -0.15) is 0 Å². The summed E-state index contributed by atoms with van der Waals surface area (Å²) >= 11 is 5.23. The van der Waals surface area contributed by atoms with Gasteiger partial charge in [0, 0.05) is 40.9 Å². The van der Waals surface area contributed by atoms with Crippen LogP contribution in [0.1, 0.15) is 78.6 Å². The monoisotopic (exact) mass is 733 g/mol. The minimum atomic E-state index is -0.510. The van der Waals surface area contributed by atoms with Gasteiger partial charge in [0.25, 0.3) is 0 Å². The average Bonchev–Trinajstić information content (AvgIpc) is 3.53. The number of amides is 1. The number of unbranched alkanes of at least 4 members (excludes halogenated alkanes) is 1. The van der Waals surface area contributed by atoms with Crippen molar-refractivity contribution in [1.29, 1.82) is 0 Å². The lowest BCUT2D eigenvalue weighted by Gasteiger charge is -2.21. The summed E-state index contributed by atoms with van der Waals surface area (Å²) < 4.78 is 12.4. The fraction of sp³-hybridized carbons (Fsp3) is 0.444. The van der Waals surface area contributed by atoms with E-state index in [4.69, 9.17) is 19.4 Å². The minimum Gasteiger partial charge on any atom is -0.494 e. The number of carbonyl (C=O) groups excluding carboxylic acids is 1. The maximum atomic E-state index is 11.8. The Morgan fingerprint density at radius 3 is 2.60 bits per heavy atom. The number of anilines is 1. The molecule has 3 aromatic heterocycles. The summed E-state index contributed by atoms with van der Waals surface area (Å²) in [6, 6.07) is 7.99. The second-order valence-electron chi connectivity index (χ2n) is 13.0. The van der Waals surface area contributed by atoms with Crippen LogP contribution in [0.25, 0.3) is 33.3 Å². The summed E-state index contributed by atoms with van der Waals surface area (Å²) in [5.41, 5.74) is 3.27. The molecule has 2 N–H and O–H groups in total. The first-order valence-corrected chi connectivity index (χ1v) is 18.2. The Bertz CT molecular complexity index is 1670. The number of benzene rings is 1. The van der Waals surface area contributed by atoms with Crippen LogP contribution in [0.2, 0.25) is 0 Å². The maximum Gasteiger partial charge on any atom is 0.407 e. The molecule has 0 spiro atoms. The lowest BCUT2D eigenvalue weighted by Crippen LogP contribution is -2.33. The topological polar surface area (TPSA) is 124 Å². The summed E-state index contributed by atoms with van der Waals surface area (Å²) in [5, 5.41) is 6.84. The predicted molar refractivity (Wildman–Crippen MR) is 195 cm³/mol. The molecule has 0 unspecified atom stereocenters. The Balaban J connectivity index is 1.26. The standard InChI is InChI=1S/C36H44BrN7O3S/c1-24(10-8-9-16-40-35(45)47-36(2,3)4)42-34-41-23-32(48-34)30-21-29(43-33(44-30)31-22-38-17-18-39-31)27-20-26(13-14-28(27)37)46-19-15-25-11-6-5-7-12-25/h13-14,17-18,20-23,25H,1,5-12,15-16,19H2,2-4H3,(H,40,45)(H,41,42). The third kappa shape index (κ3) is 10.8. The lowest BCUT2D eigenvalue weighted by molar-refractivity contribution is 0.0527. The van der Waals surface area contributed by atoms with Crippen LogP contribution < -0.4 is 15.4 Å². The fourth-order valence-electron chi connectivity index (χ4n) is 5.48. The molecule has 48 heavy (non-hydrogen) atoms.